The summed E-state index contributed by atoms with van der Waals surface area (Å²) in [6.45, 7) is 6.01. The van der Waals surface area contributed by atoms with Gasteiger partial charge >= 0.3 is 5.97 Å². The van der Waals surface area contributed by atoms with Gasteiger partial charge in [0.05, 0.1) is 12.7 Å². The molecular weight excluding hydrogens is 210 g/mol. The number of carbonyl (C=O) groups excluding carboxylic acids is 1. The summed E-state index contributed by atoms with van der Waals surface area (Å²) >= 11 is 0. The number of carboxylic acid groups (broad SMARTS) is 1. The van der Waals surface area contributed by atoms with Crippen LogP contribution >= 0.6 is 0 Å². The third kappa shape index (κ3) is 9.45. The Morgan fingerprint density at radius 1 is 1.25 bits per heavy atom. The van der Waals surface area contributed by atoms with Crippen LogP contribution in [-0.2, 0) is 14.3 Å². The zero-order valence-corrected chi connectivity index (χ0v) is 10.2. The third-order valence-electron chi connectivity index (χ3n) is 1.98. The van der Waals surface area contributed by atoms with Gasteiger partial charge < -0.3 is 15.2 Å². The summed E-state index contributed by atoms with van der Waals surface area (Å²) in [6, 6.07) is -0.109. The van der Waals surface area contributed by atoms with E-state index in [2.05, 4.69) is 5.32 Å². The van der Waals surface area contributed by atoms with Gasteiger partial charge in [-0.15, -0.1) is 0 Å². The molecule has 0 aliphatic rings. The molecule has 5 heteroatoms. The summed E-state index contributed by atoms with van der Waals surface area (Å²) < 4.78 is 5.24. The van der Waals surface area contributed by atoms with Crippen LogP contribution in [0.3, 0.4) is 0 Å². The van der Waals surface area contributed by atoms with Crippen LogP contribution in [-0.4, -0.2) is 35.7 Å². The Hall–Kier alpha value is -1.10. The van der Waals surface area contributed by atoms with Gasteiger partial charge in [-0.25, -0.2) is 0 Å². The maximum absolute atomic E-state index is 11.3. The smallest absolute Gasteiger partial charge is 0.303 e. The Bertz CT molecular complexity index is 228. The molecule has 0 aromatic rings. The van der Waals surface area contributed by atoms with Crippen molar-refractivity contribution in [2.24, 2.45) is 0 Å². The zero-order valence-electron chi connectivity index (χ0n) is 10.2. The van der Waals surface area contributed by atoms with Crippen molar-refractivity contribution in [3.63, 3.8) is 0 Å². The topological polar surface area (TPSA) is 75.6 Å². The second-order valence-corrected chi connectivity index (χ2v) is 4.07. The lowest BCUT2D eigenvalue weighted by atomic mass is 10.2. The van der Waals surface area contributed by atoms with E-state index in [0.717, 1.165) is 0 Å². The molecule has 1 unspecified atom stereocenters. The normalized spacial score (nSPS) is 12.5. The number of amides is 1. The lowest BCUT2D eigenvalue weighted by molar-refractivity contribution is -0.137. The fourth-order valence-electron chi connectivity index (χ4n) is 1.15. The van der Waals surface area contributed by atoms with E-state index >= 15 is 0 Å². The standard InChI is InChI=1S/C11H21NO4/c1-8(2)16-7-6-10(13)12-9(3)4-5-11(14)15/h8-9H,4-7H2,1-3H3,(H,12,13)(H,14,15). The minimum Gasteiger partial charge on any atom is -0.481 e. The molecule has 0 saturated heterocycles. The first-order chi connectivity index (χ1) is 7.41. The summed E-state index contributed by atoms with van der Waals surface area (Å²) in [5.74, 6) is -0.942. The van der Waals surface area contributed by atoms with Crippen LogP contribution in [0.2, 0.25) is 0 Å². The van der Waals surface area contributed by atoms with Gasteiger partial charge in [0.25, 0.3) is 0 Å². The van der Waals surface area contributed by atoms with Gasteiger partial charge in [-0.1, -0.05) is 0 Å². The first-order valence-corrected chi connectivity index (χ1v) is 5.54. The van der Waals surface area contributed by atoms with Crippen molar-refractivity contribution in [3.8, 4) is 0 Å². The Morgan fingerprint density at radius 2 is 1.88 bits per heavy atom. The maximum Gasteiger partial charge on any atom is 0.303 e. The summed E-state index contributed by atoms with van der Waals surface area (Å²) in [4.78, 5) is 21.6. The van der Waals surface area contributed by atoms with Crippen LogP contribution in [0.4, 0.5) is 0 Å². The first kappa shape index (κ1) is 14.9. The molecule has 5 nitrogen and oxygen atoms in total. The van der Waals surface area contributed by atoms with Crippen molar-refractivity contribution < 1.29 is 19.4 Å². The van der Waals surface area contributed by atoms with Crippen molar-refractivity contribution in [1.82, 2.24) is 5.32 Å². The van der Waals surface area contributed by atoms with E-state index in [-0.39, 0.29) is 24.5 Å². The van der Waals surface area contributed by atoms with Crippen LogP contribution in [0, 0.1) is 0 Å². The van der Waals surface area contributed by atoms with Crippen LogP contribution in [0.15, 0.2) is 0 Å². The Labute approximate surface area is 96.2 Å². The number of nitrogens with one attached hydrogen (secondary N) is 1. The second kappa shape index (κ2) is 8.10. The van der Waals surface area contributed by atoms with E-state index < -0.39 is 5.97 Å². The molecule has 16 heavy (non-hydrogen) atoms. The number of ether oxygens (including phenoxy) is 1. The van der Waals surface area contributed by atoms with Crippen molar-refractivity contribution in [1.29, 1.82) is 0 Å². The Kier molecular flexibility index (Phi) is 7.54. The molecule has 0 aromatic carbocycles. The number of rotatable bonds is 8. The van der Waals surface area contributed by atoms with Gasteiger partial charge in [0.1, 0.15) is 0 Å². The predicted molar refractivity (Wildman–Crippen MR) is 60.2 cm³/mol. The van der Waals surface area contributed by atoms with Gasteiger partial charge in [-0.2, -0.15) is 0 Å². The van der Waals surface area contributed by atoms with Crippen molar-refractivity contribution in [3.05, 3.63) is 0 Å². The highest BCUT2D eigenvalue weighted by Gasteiger charge is 2.09. The average Bonchev–Trinajstić information content (AvgIpc) is 2.14. The molecule has 0 saturated carbocycles. The zero-order chi connectivity index (χ0) is 12.6. The monoisotopic (exact) mass is 231 g/mol. The molecule has 0 spiro atoms. The Morgan fingerprint density at radius 3 is 2.38 bits per heavy atom. The van der Waals surface area contributed by atoms with E-state index in [1.807, 2.05) is 13.8 Å². The van der Waals surface area contributed by atoms with Crippen molar-refractivity contribution >= 4 is 11.9 Å². The summed E-state index contributed by atoms with van der Waals surface area (Å²) in [6.07, 6.45) is 0.961. The molecule has 0 bridgehead atoms. The number of carboxylic acids is 1. The molecule has 0 aromatic heterocycles. The average molecular weight is 231 g/mol. The molecule has 0 heterocycles. The van der Waals surface area contributed by atoms with Crippen LogP contribution in [0.5, 0.6) is 0 Å². The van der Waals surface area contributed by atoms with Gasteiger partial charge in [-0.05, 0) is 27.2 Å². The molecule has 0 aliphatic carbocycles. The summed E-state index contributed by atoms with van der Waals surface area (Å²) in [5.41, 5.74) is 0. The fourth-order valence-corrected chi connectivity index (χ4v) is 1.15. The molecular formula is C11H21NO4. The summed E-state index contributed by atoms with van der Waals surface area (Å²) in [7, 11) is 0. The van der Waals surface area contributed by atoms with Crippen LogP contribution < -0.4 is 5.32 Å². The van der Waals surface area contributed by atoms with Gasteiger partial charge in [0, 0.05) is 18.9 Å². The predicted octanol–water partition coefficient (Wildman–Crippen LogP) is 1.17. The highest BCUT2D eigenvalue weighted by molar-refractivity contribution is 5.76. The number of aliphatic carboxylic acids is 1. The highest BCUT2D eigenvalue weighted by Crippen LogP contribution is 1.97. The molecule has 1 atom stereocenters. The number of carbonyl (C=O) groups is 2. The van der Waals surface area contributed by atoms with Crippen LogP contribution in [0.25, 0.3) is 0 Å². The van der Waals surface area contributed by atoms with Crippen LogP contribution in [0.1, 0.15) is 40.0 Å². The van der Waals surface area contributed by atoms with Gasteiger partial charge in [0.2, 0.25) is 5.91 Å². The maximum atomic E-state index is 11.3. The first-order valence-electron chi connectivity index (χ1n) is 5.54. The largest absolute Gasteiger partial charge is 0.481 e. The highest BCUT2D eigenvalue weighted by atomic mass is 16.5. The minimum absolute atomic E-state index is 0.0734. The molecule has 1 amide bonds. The van der Waals surface area contributed by atoms with E-state index in [1.165, 1.54) is 0 Å². The third-order valence-corrected chi connectivity index (χ3v) is 1.98. The number of hydrogen-bond donors (Lipinski definition) is 2. The lowest BCUT2D eigenvalue weighted by Gasteiger charge is -2.13. The van der Waals surface area contributed by atoms with E-state index in [4.69, 9.17) is 9.84 Å². The van der Waals surface area contributed by atoms with E-state index in [0.29, 0.717) is 19.4 Å². The van der Waals surface area contributed by atoms with E-state index in [1.54, 1.807) is 6.92 Å². The molecule has 0 radical (unpaired) electrons. The number of hydrogen-bond acceptors (Lipinski definition) is 3. The van der Waals surface area contributed by atoms with Crippen molar-refractivity contribution in [2.45, 2.75) is 52.2 Å². The lowest BCUT2D eigenvalue weighted by Crippen LogP contribution is -2.33. The molecule has 2 N–H and O–H groups in total. The molecule has 0 fully saturated rings. The molecule has 0 rings (SSSR count). The summed E-state index contributed by atoms with van der Waals surface area (Å²) in [5, 5.41) is 11.2. The Balaban J connectivity index is 3.58. The quantitative estimate of drug-likeness (QED) is 0.657. The van der Waals surface area contributed by atoms with Gasteiger partial charge in [0.15, 0.2) is 0 Å². The second-order valence-electron chi connectivity index (χ2n) is 4.07. The van der Waals surface area contributed by atoms with Gasteiger partial charge in [-0.3, -0.25) is 9.59 Å². The minimum atomic E-state index is -0.843. The van der Waals surface area contributed by atoms with Crippen molar-refractivity contribution in [2.75, 3.05) is 6.61 Å². The SMILES string of the molecule is CC(CCC(=O)O)NC(=O)CCOC(C)C. The molecule has 0 aliphatic heterocycles. The molecule has 94 valence electrons. The fraction of sp³-hybridized carbons (Fsp3) is 0.818. The van der Waals surface area contributed by atoms with E-state index in [9.17, 15) is 9.59 Å².